The lowest BCUT2D eigenvalue weighted by molar-refractivity contribution is -0.152. The van der Waals surface area contributed by atoms with Crippen LogP contribution in [0.2, 0.25) is 0 Å². The first kappa shape index (κ1) is 28.2. The fourth-order valence-electron chi connectivity index (χ4n) is 4.21. The number of thioether (sulfide) groups is 2. The van der Waals surface area contributed by atoms with Gasteiger partial charge >= 0.3 is 11.9 Å². The molecule has 1 unspecified atom stereocenters. The van der Waals surface area contributed by atoms with E-state index in [4.69, 9.17) is 9.15 Å². The van der Waals surface area contributed by atoms with Gasteiger partial charge in [0.2, 0.25) is 10.0 Å². The number of fused-ring (bicyclic) bond motifs is 3. The Labute approximate surface area is 226 Å². The molecular weight excluding hydrogens is 558 g/mol. The van der Waals surface area contributed by atoms with Gasteiger partial charge < -0.3 is 19.2 Å². The number of carbonyl (C=O) groups is 3. The van der Waals surface area contributed by atoms with E-state index in [-0.39, 0.29) is 24.7 Å². The number of esters is 1. The molecule has 2 heterocycles. The van der Waals surface area contributed by atoms with Crippen molar-refractivity contribution in [2.45, 2.75) is 22.1 Å². The number of nitrogens with zero attached hydrogens (tertiary/aromatic N) is 1. The fourth-order valence-corrected chi connectivity index (χ4v) is 7.94. The van der Waals surface area contributed by atoms with E-state index in [1.165, 1.54) is 24.3 Å². The number of benzene rings is 2. The Hall–Kier alpha value is -2.82. The van der Waals surface area contributed by atoms with Crippen LogP contribution in [0.3, 0.4) is 0 Å². The van der Waals surface area contributed by atoms with Crippen LogP contribution in [0.15, 0.2) is 45.7 Å². The summed E-state index contributed by atoms with van der Waals surface area (Å²) in [5.74, 6) is -2.87. The van der Waals surface area contributed by atoms with E-state index >= 15 is 0 Å². The summed E-state index contributed by atoms with van der Waals surface area (Å²) in [6, 6.07) is 7.64. The number of morpholine rings is 1. The minimum atomic E-state index is -4.23. The number of nitrogens with one attached hydrogen (secondary N) is 2. The molecular formula is C23H25N3O9S3. The van der Waals surface area contributed by atoms with Crippen molar-refractivity contribution in [3.63, 3.8) is 0 Å². The van der Waals surface area contributed by atoms with Crippen LogP contribution >= 0.6 is 23.5 Å². The van der Waals surface area contributed by atoms with E-state index in [9.17, 15) is 28.0 Å². The third-order valence-corrected chi connectivity index (χ3v) is 10.6. The Balaban J connectivity index is 1.72. The van der Waals surface area contributed by atoms with Gasteiger partial charge in [0.1, 0.15) is 11.2 Å². The number of hydrogen-bond acceptors (Lipinski definition) is 11. The molecule has 204 valence electrons. The van der Waals surface area contributed by atoms with Gasteiger partial charge in [0.25, 0.3) is 5.91 Å². The summed E-state index contributed by atoms with van der Waals surface area (Å²) in [5.41, 5.74) is 2.60. The minimum Gasteiger partial charge on any atom is -0.459 e. The summed E-state index contributed by atoms with van der Waals surface area (Å²) in [7, 11) is -4.23. The van der Waals surface area contributed by atoms with Crippen LogP contribution in [0.1, 0.15) is 6.92 Å². The number of furan rings is 1. The highest BCUT2D eigenvalue weighted by Crippen LogP contribution is 2.45. The van der Waals surface area contributed by atoms with E-state index in [1.54, 1.807) is 37.0 Å². The van der Waals surface area contributed by atoms with Crippen LogP contribution in [0.4, 0.5) is 5.69 Å². The van der Waals surface area contributed by atoms with Crippen molar-refractivity contribution >= 4 is 79.0 Å². The molecule has 3 N–H and O–H groups in total. The van der Waals surface area contributed by atoms with Gasteiger partial charge in [-0.15, -0.1) is 23.5 Å². The van der Waals surface area contributed by atoms with Gasteiger partial charge in [-0.2, -0.15) is 4.31 Å². The predicted molar refractivity (Wildman–Crippen MR) is 142 cm³/mol. The lowest BCUT2D eigenvalue weighted by Crippen LogP contribution is -2.63. The standard InChI is InChI=1S/C23H25N3O9S3/c1-4-33-22(29)21(28)24-13-5-7-15-16-12-14(6-8-17(16)35-18(15)11-13)38(31,32)26-9-10-34-23(36-2,37-3)19(26)20(27)25-30/h5-8,11-12,19,30H,4,9-10H2,1-3H3,(H,24,28)(H,25,27). The van der Waals surface area contributed by atoms with Gasteiger partial charge in [-0.3, -0.25) is 14.8 Å². The maximum absolute atomic E-state index is 13.8. The molecule has 4 rings (SSSR count). The Bertz CT molecular complexity index is 1500. The Morgan fingerprint density at radius 3 is 2.53 bits per heavy atom. The number of hydrogen-bond donors (Lipinski definition) is 3. The first-order valence-corrected chi connectivity index (χ1v) is 15.1. The molecule has 1 saturated heterocycles. The third kappa shape index (κ3) is 4.97. The molecule has 2 amide bonds. The second-order valence-electron chi connectivity index (χ2n) is 8.00. The Kier molecular flexibility index (Phi) is 8.25. The highest BCUT2D eigenvalue weighted by atomic mass is 32.2. The SMILES string of the molecule is CCOC(=O)C(=O)Nc1ccc2c(c1)oc1ccc(S(=O)(=O)N3CCOC(SC)(SC)C3C(=O)NO)cc12. The van der Waals surface area contributed by atoms with Gasteiger partial charge in [0, 0.05) is 29.1 Å². The summed E-state index contributed by atoms with van der Waals surface area (Å²) >= 11 is 2.33. The smallest absolute Gasteiger partial charge is 0.397 e. The number of sulfonamides is 1. The molecule has 1 aromatic heterocycles. The van der Waals surface area contributed by atoms with Crippen molar-refractivity contribution in [1.82, 2.24) is 9.79 Å². The van der Waals surface area contributed by atoms with Gasteiger partial charge in [-0.25, -0.2) is 18.7 Å². The second-order valence-corrected chi connectivity index (χ2v) is 12.2. The molecule has 1 aliphatic rings. The van der Waals surface area contributed by atoms with Gasteiger partial charge in [0.15, 0.2) is 10.3 Å². The number of rotatable bonds is 7. The van der Waals surface area contributed by atoms with Crippen molar-refractivity contribution < 1.29 is 41.9 Å². The van der Waals surface area contributed by atoms with Gasteiger partial charge in [-0.05, 0) is 49.8 Å². The molecule has 3 aromatic rings. The molecule has 1 fully saturated rings. The molecule has 38 heavy (non-hydrogen) atoms. The normalized spacial score (nSPS) is 17.8. The zero-order valence-electron chi connectivity index (χ0n) is 20.5. The van der Waals surface area contributed by atoms with E-state index in [0.29, 0.717) is 27.6 Å². The average Bonchev–Trinajstić information content (AvgIpc) is 3.29. The summed E-state index contributed by atoms with van der Waals surface area (Å²) in [5, 5.41) is 12.9. The lowest BCUT2D eigenvalue weighted by atomic mass is 10.1. The van der Waals surface area contributed by atoms with E-state index < -0.39 is 38.1 Å². The van der Waals surface area contributed by atoms with Crippen molar-refractivity contribution in [2.75, 3.05) is 37.6 Å². The van der Waals surface area contributed by atoms with Crippen molar-refractivity contribution in [1.29, 1.82) is 0 Å². The third-order valence-electron chi connectivity index (χ3n) is 5.93. The highest BCUT2D eigenvalue weighted by Gasteiger charge is 2.53. The van der Waals surface area contributed by atoms with Crippen LogP contribution in [0.5, 0.6) is 0 Å². The van der Waals surface area contributed by atoms with Crippen molar-refractivity contribution in [3.8, 4) is 0 Å². The first-order chi connectivity index (χ1) is 18.1. The number of hydroxylamine groups is 1. The number of ether oxygens (including phenoxy) is 2. The number of carbonyl (C=O) groups excluding carboxylic acids is 3. The highest BCUT2D eigenvalue weighted by molar-refractivity contribution is 8.17. The largest absolute Gasteiger partial charge is 0.459 e. The van der Waals surface area contributed by atoms with Gasteiger partial charge in [0.05, 0.1) is 18.1 Å². The zero-order valence-corrected chi connectivity index (χ0v) is 23.0. The molecule has 0 aliphatic carbocycles. The van der Waals surface area contributed by atoms with E-state index in [2.05, 4.69) is 10.1 Å². The van der Waals surface area contributed by atoms with Crippen molar-refractivity contribution in [3.05, 3.63) is 36.4 Å². The van der Waals surface area contributed by atoms with E-state index in [0.717, 1.165) is 27.8 Å². The monoisotopic (exact) mass is 583 g/mol. The maximum Gasteiger partial charge on any atom is 0.397 e. The maximum atomic E-state index is 13.8. The second kappa shape index (κ2) is 11.1. The Morgan fingerprint density at radius 2 is 1.87 bits per heavy atom. The zero-order chi connectivity index (χ0) is 27.7. The first-order valence-electron chi connectivity index (χ1n) is 11.3. The molecule has 15 heteroatoms. The summed E-state index contributed by atoms with van der Waals surface area (Å²) in [6.07, 6.45) is 3.38. The van der Waals surface area contributed by atoms with Crippen molar-refractivity contribution in [2.24, 2.45) is 0 Å². The average molecular weight is 584 g/mol. The summed E-state index contributed by atoms with van der Waals surface area (Å²) in [6.45, 7) is 1.60. The molecule has 1 atom stereocenters. The molecule has 0 bridgehead atoms. The summed E-state index contributed by atoms with van der Waals surface area (Å²) < 4.78 is 43.7. The minimum absolute atomic E-state index is 0.0489. The summed E-state index contributed by atoms with van der Waals surface area (Å²) in [4.78, 5) is 36.2. The lowest BCUT2D eigenvalue weighted by Gasteiger charge is -2.45. The number of anilines is 1. The molecule has 12 nitrogen and oxygen atoms in total. The van der Waals surface area contributed by atoms with Crippen LogP contribution in [-0.4, -0.2) is 78.3 Å². The molecule has 1 aliphatic heterocycles. The predicted octanol–water partition coefficient (Wildman–Crippen LogP) is 2.36. The molecule has 0 saturated carbocycles. The van der Waals surface area contributed by atoms with E-state index in [1.807, 2.05) is 0 Å². The van der Waals surface area contributed by atoms with Crippen LogP contribution in [-0.2, 0) is 33.9 Å². The number of amides is 2. The van der Waals surface area contributed by atoms with Crippen LogP contribution in [0.25, 0.3) is 21.9 Å². The van der Waals surface area contributed by atoms with Crippen LogP contribution < -0.4 is 10.8 Å². The topological polar surface area (TPSA) is 164 Å². The Morgan fingerprint density at radius 1 is 1.13 bits per heavy atom. The molecule has 0 spiro atoms. The quantitative estimate of drug-likeness (QED) is 0.123. The molecule has 2 aromatic carbocycles. The molecule has 0 radical (unpaired) electrons. The van der Waals surface area contributed by atoms with Gasteiger partial charge in [-0.1, -0.05) is 0 Å². The van der Waals surface area contributed by atoms with Crippen LogP contribution in [0, 0.1) is 0 Å². The fraction of sp³-hybridized carbons (Fsp3) is 0.348.